The fraction of sp³-hybridized carbons (Fsp3) is 1.00. The molecule has 0 aliphatic carbocycles. The average molecular weight is 399 g/mol. The number of ether oxygens (including phenoxy) is 1. The molecule has 0 amide bonds. The van der Waals surface area contributed by atoms with Gasteiger partial charge in [-0.1, -0.05) is 128 Å². The summed E-state index contributed by atoms with van der Waals surface area (Å²) in [5.41, 5.74) is 0. The first-order valence-electron chi connectivity index (χ1n) is 12.5. The van der Waals surface area contributed by atoms with Crippen molar-refractivity contribution >= 4 is 14.5 Å². The topological polar surface area (TPSA) is 18.5 Å². The summed E-state index contributed by atoms with van der Waals surface area (Å²) >= 11 is -1.10. The van der Waals surface area contributed by atoms with Crippen LogP contribution in [0, 0.1) is 0 Å². The van der Waals surface area contributed by atoms with E-state index >= 15 is 0 Å². The highest BCUT2D eigenvalue weighted by Crippen LogP contribution is 2.17. The second-order valence-electron chi connectivity index (χ2n) is 8.37. The quantitative estimate of drug-likeness (QED) is 0.103. The van der Waals surface area contributed by atoms with Gasteiger partial charge in [0.15, 0.2) is 0 Å². The van der Waals surface area contributed by atoms with E-state index in [4.69, 9.17) is 8.53 Å². The van der Waals surface area contributed by atoms with Crippen molar-refractivity contribution in [3.05, 3.63) is 0 Å². The lowest BCUT2D eigenvalue weighted by Crippen LogP contribution is -2.26. The van der Waals surface area contributed by atoms with Gasteiger partial charge >= 0.3 is 14.5 Å². The molecule has 0 N–H and O–H groups in total. The van der Waals surface area contributed by atoms with Crippen molar-refractivity contribution < 1.29 is 8.53 Å². The monoisotopic (exact) mass is 398 g/mol. The number of unbranched alkanes of at least 4 members (excludes halogenated alkanes) is 13. The summed E-state index contributed by atoms with van der Waals surface area (Å²) in [6, 6.07) is 0. The summed E-state index contributed by atoms with van der Waals surface area (Å²) < 4.78 is 12.4. The van der Waals surface area contributed by atoms with Crippen LogP contribution in [0.1, 0.15) is 130 Å². The lowest BCUT2D eigenvalue weighted by Gasteiger charge is -2.20. The molecule has 0 saturated carbocycles. The number of hydrogen-bond donors (Lipinski definition) is 0. The van der Waals surface area contributed by atoms with Crippen molar-refractivity contribution in [2.45, 2.75) is 147 Å². The third-order valence-corrected chi connectivity index (χ3v) is 8.37. The van der Waals surface area contributed by atoms with Gasteiger partial charge in [-0.05, 0) is 13.3 Å². The third kappa shape index (κ3) is 21.0. The Balaban J connectivity index is 3.98. The zero-order valence-corrected chi connectivity index (χ0v) is 20.6. The minimum atomic E-state index is -1.10. The summed E-state index contributed by atoms with van der Waals surface area (Å²) in [4.78, 5) is 0. The predicted octanol–water partition coefficient (Wildman–Crippen LogP) is 8.66. The average Bonchev–Trinajstić information content (AvgIpc) is 2.66. The fourth-order valence-electron chi connectivity index (χ4n) is 3.67. The molecule has 0 aromatic heterocycles. The Bertz CT molecular complexity index is 257. The van der Waals surface area contributed by atoms with Crippen LogP contribution in [0.2, 0.25) is 10.6 Å². The van der Waals surface area contributed by atoms with Gasteiger partial charge in [0.1, 0.15) is 6.29 Å². The molecule has 0 aromatic carbocycles. The Morgan fingerprint density at radius 2 is 0.963 bits per heavy atom. The van der Waals surface area contributed by atoms with E-state index in [-0.39, 0.29) is 6.29 Å². The maximum atomic E-state index is 6.43. The highest BCUT2D eigenvalue weighted by molar-refractivity contribution is 6.51. The van der Waals surface area contributed by atoms with Crippen molar-refractivity contribution in [1.29, 1.82) is 0 Å². The molecule has 0 bridgehead atoms. The first kappa shape index (κ1) is 27.5. The van der Waals surface area contributed by atoms with Crippen LogP contribution >= 0.6 is 0 Å². The largest absolute Gasteiger partial charge is 0.478 e. The molecular weight excluding hydrogens is 347 g/mol. The fourth-order valence-corrected chi connectivity index (χ4v) is 6.34. The van der Waals surface area contributed by atoms with E-state index in [1.807, 2.05) is 0 Å². The second-order valence-corrected chi connectivity index (χ2v) is 11.0. The van der Waals surface area contributed by atoms with Crippen molar-refractivity contribution in [1.82, 2.24) is 0 Å². The lowest BCUT2D eigenvalue weighted by atomic mass is 10.1. The van der Waals surface area contributed by atoms with E-state index in [0.717, 1.165) is 6.61 Å². The van der Waals surface area contributed by atoms with Gasteiger partial charge in [-0.25, -0.2) is 0 Å². The Labute approximate surface area is 176 Å². The smallest absolute Gasteiger partial charge is 0.462 e. The summed E-state index contributed by atoms with van der Waals surface area (Å²) in [5.74, 6) is 0. The first-order valence-corrected chi connectivity index (χ1v) is 14.6. The maximum absolute atomic E-state index is 6.43. The molecule has 0 radical (unpaired) electrons. The van der Waals surface area contributed by atoms with E-state index in [1.165, 1.54) is 113 Å². The van der Waals surface area contributed by atoms with Gasteiger partial charge < -0.3 is 8.53 Å². The molecule has 0 aliphatic rings. The van der Waals surface area contributed by atoms with Crippen LogP contribution in [0.3, 0.4) is 0 Å². The second kappa shape index (κ2) is 22.7. The molecule has 0 fully saturated rings. The van der Waals surface area contributed by atoms with E-state index < -0.39 is 14.5 Å². The van der Waals surface area contributed by atoms with Crippen molar-refractivity contribution in [3.63, 3.8) is 0 Å². The number of hydrogen-bond acceptors (Lipinski definition) is 2. The molecule has 3 heteroatoms. The standard InChI is InChI=1S/C8H17O2.2C8H17.Al/c1-3-4-5-6-7-10-8(2)9;2*1-3-5-7-8-6-4-2;/h8H,3-7H2,1-2H3;2*1,3-8H2,2H3;/q-1;;;+1. The van der Waals surface area contributed by atoms with Gasteiger partial charge in [0, 0.05) is 6.61 Å². The van der Waals surface area contributed by atoms with Gasteiger partial charge in [-0.3, -0.25) is 0 Å². The highest BCUT2D eigenvalue weighted by atomic mass is 27.2. The Hall–Kier alpha value is 0.452. The summed E-state index contributed by atoms with van der Waals surface area (Å²) in [7, 11) is 0. The minimum absolute atomic E-state index is 0.0171. The third-order valence-electron chi connectivity index (χ3n) is 5.49. The van der Waals surface area contributed by atoms with Gasteiger partial charge in [-0.15, -0.1) is 0 Å². The molecule has 0 rings (SSSR count). The normalized spacial score (nSPS) is 12.4. The van der Waals surface area contributed by atoms with Crippen LogP contribution in [-0.4, -0.2) is 27.4 Å². The number of rotatable bonds is 22. The Kier molecular flexibility index (Phi) is 23.1. The van der Waals surface area contributed by atoms with Crippen LogP contribution in [0.25, 0.3) is 0 Å². The Morgan fingerprint density at radius 1 is 0.556 bits per heavy atom. The van der Waals surface area contributed by atoms with Gasteiger partial charge in [0.25, 0.3) is 0 Å². The van der Waals surface area contributed by atoms with E-state index in [1.54, 1.807) is 0 Å². The molecular formula is C24H51AlO2. The van der Waals surface area contributed by atoms with Gasteiger partial charge in [-0.2, -0.15) is 0 Å². The molecule has 0 aliphatic heterocycles. The molecule has 27 heavy (non-hydrogen) atoms. The van der Waals surface area contributed by atoms with Crippen molar-refractivity contribution in [3.8, 4) is 0 Å². The van der Waals surface area contributed by atoms with Crippen molar-refractivity contribution in [2.24, 2.45) is 0 Å². The summed E-state index contributed by atoms with van der Waals surface area (Å²) in [5, 5.41) is 2.70. The van der Waals surface area contributed by atoms with E-state index in [2.05, 4.69) is 27.7 Å². The first-order chi connectivity index (χ1) is 13.2. The molecule has 0 heterocycles. The SMILES string of the molecule is CCCCCCC[CH2][Al]([CH2]CCCCCCC)[O]C(C)OCCCCCC. The van der Waals surface area contributed by atoms with Crippen LogP contribution in [-0.2, 0) is 8.53 Å². The van der Waals surface area contributed by atoms with E-state index in [0.29, 0.717) is 0 Å². The Morgan fingerprint density at radius 3 is 1.44 bits per heavy atom. The lowest BCUT2D eigenvalue weighted by molar-refractivity contribution is -0.0708. The molecule has 0 saturated heterocycles. The van der Waals surface area contributed by atoms with Crippen LogP contribution in [0.5, 0.6) is 0 Å². The molecule has 2 nitrogen and oxygen atoms in total. The molecule has 1 atom stereocenters. The van der Waals surface area contributed by atoms with Gasteiger partial charge in [0.2, 0.25) is 0 Å². The van der Waals surface area contributed by atoms with Crippen molar-refractivity contribution in [2.75, 3.05) is 6.61 Å². The minimum Gasteiger partial charge on any atom is -0.478 e. The van der Waals surface area contributed by atoms with Gasteiger partial charge in [0.05, 0.1) is 0 Å². The highest BCUT2D eigenvalue weighted by Gasteiger charge is 2.22. The zero-order chi connectivity index (χ0) is 20.0. The molecule has 0 spiro atoms. The maximum Gasteiger partial charge on any atom is 0.462 e. The predicted molar refractivity (Wildman–Crippen MR) is 123 cm³/mol. The van der Waals surface area contributed by atoms with Crippen LogP contribution in [0.4, 0.5) is 0 Å². The molecule has 0 aromatic rings. The van der Waals surface area contributed by atoms with Crippen LogP contribution < -0.4 is 0 Å². The summed E-state index contributed by atoms with van der Waals surface area (Å²) in [6.07, 6.45) is 21.8. The van der Waals surface area contributed by atoms with Crippen LogP contribution in [0.15, 0.2) is 0 Å². The zero-order valence-electron chi connectivity index (χ0n) is 19.4. The molecule has 1 unspecified atom stereocenters. The molecule has 162 valence electrons. The van der Waals surface area contributed by atoms with E-state index in [9.17, 15) is 0 Å². The summed E-state index contributed by atoms with van der Waals surface area (Å²) in [6.45, 7) is 9.84.